The van der Waals surface area contributed by atoms with E-state index in [0.29, 0.717) is 12.2 Å². The number of allylic oxidation sites excluding steroid dienone is 1. The first-order valence-corrected chi connectivity index (χ1v) is 3.75. The van der Waals surface area contributed by atoms with E-state index in [2.05, 4.69) is 5.18 Å². The fraction of sp³-hybridized carbons (Fsp3) is 0.714. The molecular weight excluding hydrogens is 142 g/mol. The summed E-state index contributed by atoms with van der Waals surface area (Å²) >= 11 is 0. The number of hydrogen-bond donors (Lipinski definition) is 1. The molecule has 0 saturated heterocycles. The number of nitrogens with zero attached hydrogens (tertiary/aromatic N) is 2. The molecule has 0 aromatic carbocycles. The summed E-state index contributed by atoms with van der Waals surface area (Å²) in [5, 5.41) is 4.69. The van der Waals surface area contributed by atoms with E-state index in [4.69, 9.17) is 5.84 Å². The van der Waals surface area contributed by atoms with Crippen molar-refractivity contribution >= 4 is 0 Å². The normalized spacial score (nSPS) is 21.6. The van der Waals surface area contributed by atoms with Crippen LogP contribution in [0.5, 0.6) is 0 Å². The number of rotatable bonds is 1. The number of hydrazine groups is 1. The lowest BCUT2D eigenvalue weighted by Gasteiger charge is -2.12. The van der Waals surface area contributed by atoms with Gasteiger partial charge in [-0.3, -0.25) is 5.84 Å². The van der Waals surface area contributed by atoms with E-state index in [0.717, 1.165) is 25.0 Å². The zero-order valence-electron chi connectivity index (χ0n) is 6.71. The Hall–Kier alpha value is -0.740. The van der Waals surface area contributed by atoms with Gasteiger partial charge >= 0.3 is 0 Å². The number of nitrogens with two attached hydrogens (primary N) is 1. The lowest BCUT2D eigenvalue weighted by atomic mass is 10.2. The maximum atomic E-state index is 10.3. The van der Waals surface area contributed by atoms with Crippen LogP contribution in [-0.4, -0.2) is 18.1 Å². The van der Waals surface area contributed by atoms with Crippen LogP contribution in [0.3, 0.4) is 0 Å². The van der Waals surface area contributed by atoms with Crippen LogP contribution in [0.25, 0.3) is 0 Å². The zero-order chi connectivity index (χ0) is 8.27. The Morgan fingerprint density at radius 3 is 3.00 bits per heavy atom. The van der Waals surface area contributed by atoms with E-state index in [1.807, 2.05) is 6.92 Å². The Labute approximate surface area is 66.0 Å². The van der Waals surface area contributed by atoms with Gasteiger partial charge in [0.1, 0.15) is 0 Å². The van der Waals surface area contributed by atoms with Crippen molar-refractivity contribution in [3.63, 3.8) is 0 Å². The van der Waals surface area contributed by atoms with Crippen molar-refractivity contribution in [1.82, 2.24) is 5.01 Å². The standard InChI is InChI=1S/C7H13N3O/c1-6-5-10(8)4-2-3-7(6)9-11/h2-5,8H2,1H3. The van der Waals surface area contributed by atoms with Crippen LogP contribution in [0.15, 0.2) is 16.4 Å². The van der Waals surface area contributed by atoms with Gasteiger partial charge in [-0.05, 0) is 30.5 Å². The minimum absolute atomic E-state index is 0.668. The van der Waals surface area contributed by atoms with Crippen molar-refractivity contribution in [2.24, 2.45) is 11.0 Å². The van der Waals surface area contributed by atoms with Crippen molar-refractivity contribution in [3.05, 3.63) is 16.2 Å². The molecule has 0 spiro atoms. The van der Waals surface area contributed by atoms with Gasteiger partial charge in [0.25, 0.3) is 0 Å². The fourth-order valence-corrected chi connectivity index (χ4v) is 1.26. The van der Waals surface area contributed by atoms with E-state index in [1.165, 1.54) is 0 Å². The SMILES string of the molecule is CC1=C(N=O)CCCN(N)C1. The highest BCUT2D eigenvalue weighted by atomic mass is 16.3. The van der Waals surface area contributed by atoms with Gasteiger partial charge < -0.3 is 0 Å². The van der Waals surface area contributed by atoms with E-state index < -0.39 is 0 Å². The summed E-state index contributed by atoms with van der Waals surface area (Å²) in [7, 11) is 0. The molecule has 1 rings (SSSR count). The van der Waals surface area contributed by atoms with Crippen LogP contribution in [-0.2, 0) is 0 Å². The minimum Gasteiger partial charge on any atom is -0.268 e. The second-order valence-electron chi connectivity index (χ2n) is 2.89. The lowest BCUT2D eigenvalue weighted by Crippen LogP contribution is -2.32. The molecule has 0 bridgehead atoms. The van der Waals surface area contributed by atoms with Gasteiger partial charge in [-0.15, -0.1) is 4.91 Å². The molecule has 11 heavy (non-hydrogen) atoms. The van der Waals surface area contributed by atoms with Crippen LogP contribution in [0.4, 0.5) is 0 Å². The summed E-state index contributed by atoms with van der Waals surface area (Å²) in [4.78, 5) is 10.3. The van der Waals surface area contributed by atoms with Gasteiger partial charge in [0.05, 0.1) is 5.70 Å². The van der Waals surface area contributed by atoms with E-state index in [1.54, 1.807) is 5.01 Å². The average Bonchev–Trinajstić information content (AvgIpc) is 2.11. The molecule has 1 aliphatic heterocycles. The molecular formula is C7H13N3O. The molecule has 0 radical (unpaired) electrons. The van der Waals surface area contributed by atoms with Crippen LogP contribution >= 0.6 is 0 Å². The quantitative estimate of drug-likeness (QED) is 0.454. The zero-order valence-corrected chi connectivity index (χ0v) is 6.71. The van der Waals surface area contributed by atoms with Crippen molar-refractivity contribution in [3.8, 4) is 0 Å². The molecule has 1 heterocycles. The van der Waals surface area contributed by atoms with Gasteiger partial charge in [-0.25, -0.2) is 5.01 Å². The molecule has 0 aromatic rings. The predicted molar refractivity (Wildman–Crippen MR) is 43.5 cm³/mol. The first-order valence-electron chi connectivity index (χ1n) is 3.75. The third kappa shape index (κ3) is 2.10. The predicted octanol–water partition coefficient (Wildman–Crippen LogP) is 0.996. The fourth-order valence-electron chi connectivity index (χ4n) is 1.26. The van der Waals surface area contributed by atoms with Crippen molar-refractivity contribution < 1.29 is 0 Å². The molecule has 0 saturated carbocycles. The Balaban J connectivity index is 2.71. The van der Waals surface area contributed by atoms with Crippen molar-refractivity contribution in [2.75, 3.05) is 13.1 Å². The molecule has 0 aliphatic carbocycles. The Morgan fingerprint density at radius 1 is 1.64 bits per heavy atom. The first-order chi connectivity index (χ1) is 5.24. The van der Waals surface area contributed by atoms with E-state index >= 15 is 0 Å². The molecule has 1 aliphatic rings. The van der Waals surface area contributed by atoms with Crippen LogP contribution in [0.1, 0.15) is 19.8 Å². The highest BCUT2D eigenvalue weighted by Gasteiger charge is 2.11. The largest absolute Gasteiger partial charge is 0.268 e. The summed E-state index contributed by atoms with van der Waals surface area (Å²) in [5.74, 6) is 5.60. The molecule has 0 amide bonds. The third-order valence-corrected chi connectivity index (χ3v) is 1.90. The molecule has 0 unspecified atom stereocenters. The Bertz CT molecular complexity index is 188. The van der Waals surface area contributed by atoms with Crippen molar-refractivity contribution in [2.45, 2.75) is 19.8 Å². The van der Waals surface area contributed by atoms with Gasteiger partial charge in [0.15, 0.2) is 0 Å². The van der Waals surface area contributed by atoms with Crippen LogP contribution < -0.4 is 5.84 Å². The summed E-state index contributed by atoms with van der Waals surface area (Å²) in [5.41, 5.74) is 1.68. The summed E-state index contributed by atoms with van der Waals surface area (Å²) in [6.07, 6.45) is 1.69. The van der Waals surface area contributed by atoms with Gasteiger partial charge in [-0.2, -0.15) is 0 Å². The second-order valence-corrected chi connectivity index (χ2v) is 2.89. The highest BCUT2D eigenvalue weighted by molar-refractivity contribution is 5.13. The molecule has 0 aromatic heterocycles. The van der Waals surface area contributed by atoms with Gasteiger partial charge in [0, 0.05) is 13.1 Å². The van der Waals surface area contributed by atoms with Gasteiger partial charge in [0.2, 0.25) is 0 Å². The lowest BCUT2D eigenvalue weighted by molar-refractivity contribution is 0.311. The molecule has 4 nitrogen and oxygen atoms in total. The first kappa shape index (κ1) is 8.36. The molecule has 0 fully saturated rings. The highest BCUT2D eigenvalue weighted by Crippen LogP contribution is 2.16. The second kappa shape index (κ2) is 3.59. The van der Waals surface area contributed by atoms with E-state index in [-0.39, 0.29) is 0 Å². The molecule has 2 N–H and O–H groups in total. The van der Waals surface area contributed by atoms with Crippen molar-refractivity contribution in [1.29, 1.82) is 0 Å². The average molecular weight is 155 g/mol. The smallest absolute Gasteiger partial charge is 0.0852 e. The maximum absolute atomic E-state index is 10.3. The summed E-state index contributed by atoms with van der Waals surface area (Å²) < 4.78 is 0. The molecule has 0 atom stereocenters. The molecule has 4 heteroatoms. The molecule has 62 valence electrons. The number of hydrogen-bond acceptors (Lipinski definition) is 4. The Morgan fingerprint density at radius 2 is 2.36 bits per heavy atom. The maximum Gasteiger partial charge on any atom is 0.0852 e. The Kier molecular flexibility index (Phi) is 2.73. The van der Waals surface area contributed by atoms with Crippen LogP contribution in [0, 0.1) is 4.91 Å². The minimum atomic E-state index is 0.668. The third-order valence-electron chi connectivity index (χ3n) is 1.90. The summed E-state index contributed by atoms with van der Waals surface area (Å²) in [6, 6.07) is 0. The van der Waals surface area contributed by atoms with E-state index in [9.17, 15) is 4.91 Å². The van der Waals surface area contributed by atoms with Crippen LogP contribution in [0.2, 0.25) is 0 Å². The van der Waals surface area contributed by atoms with Gasteiger partial charge in [-0.1, -0.05) is 0 Å². The summed E-state index contributed by atoms with van der Waals surface area (Å²) in [6.45, 7) is 3.42. The topological polar surface area (TPSA) is 58.7 Å². The number of nitroso groups, excluding NO2 is 1. The monoisotopic (exact) mass is 155 g/mol.